The predicted molar refractivity (Wildman–Crippen MR) is 76.4 cm³/mol. The number of nitrogens with one attached hydrogen (secondary N) is 2. The molecule has 0 bridgehead atoms. The molecule has 0 fully saturated rings. The summed E-state index contributed by atoms with van der Waals surface area (Å²) in [4.78, 5) is 15.9. The highest BCUT2D eigenvalue weighted by molar-refractivity contribution is 5.98. The van der Waals surface area contributed by atoms with Gasteiger partial charge in [-0.15, -0.1) is 0 Å². The summed E-state index contributed by atoms with van der Waals surface area (Å²) in [6.45, 7) is 5.76. The summed E-state index contributed by atoms with van der Waals surface area (Å²) in [7, 11) is 3.31. The van der Waals surface area contributed by atoms with Crippen LogP contribution >= 0.6 is 0 Å². The fraction of sp³-hybridized carbons (Fsp3) is 0.571. The minimum absolute atomic E-state index is 0.0769. The van der Waals surface area contributed by atoms with Gasteiger partial charge in [-0.05, 0) is 24.0 Å². The molecule has 1 rings (SSSR count). The Morgan fingerprint density at radius 2 is 2.21 bits per heavy atom. The molecule has 0 saturated heterocycles. The molecule has 0 radical (unpaired) electrons. The van der Waals surface area contributed by atoms with Crippen molar-refractivity contribution in [2.75, 3.05) is 32.6 Å². The van der Waals surface area contributed by atoms with Gasteiger partial charge < -0.3 is 15.4 Å². The predicted octanol–water partition coefficient (Wildman–Crippen LogP) is 1.92. The lowest BCUT2D eigenvalue weighted by Crippen LogP contribution is -2.27. The summed E-state index contributed by atoms with van der Waals surface area (Å²) in [6.07, 6.45) is 2.62. The van der Waals surface area contributed by atoms with Crippen molar-refractivity contribution in [3.63, 3.8) is 0 Å². The number of rotatable bonds is 7. The van der Waals surface area contributed by atoms with Crippen LogP contribution in [0, 0.1) is 5.41 Å². The van der Waals surface area contributed by atoms with Gasteiger partial charge in [0.25, 0.3) is 5.91 Å². The maximum absolute atomic E-state index is 11.7. The van der Waals surface area contributed by atoms with Gasteiger partial charge in [-0.2, -0.15) is 0 Å². The van der Waals surface area contributed by atoms with Crippen LogP contribution in [0.25, 0.3) is 0 Å². The lowest BCUT2D eigenvalue weighted by Gasteiger charge is -2.25. The van der Waals surface area contributed by atoms with E-state index in [1.807, 2.05) is 0 Å². The Labute approximate surface area is 114 Å². The van der Waals surface area contributed by atoms with E-state index >= 15 is 0 Å². The summed E-state index contributed by atoms with van der Waals surface area (Å²) in [5.41, 5.74) is 0.639. The van der Waals surface area contributed by atoms with Crippen molar-refractivity contribution >= 4 is 11.7 Å². The molecule has 0 aliphatic rings. The van der Waals surface area contributed by atoms with Crippen molar-refractivity contribution in [1.82, 2.24) is 10.3 Å². The van der Waals surface area contributed by atoms with Gasteiger partial charge in [0, 0.05) is 33.5 Å². The summed E-state index contributed by atoms with van der Waals surface area (Å²) in [5, 5.41) is 5.86. The second-order valence-electron chi connectivity index (χ2n) is 5.24. The first-order chi connectivity index (χ1) is 9.00. The average molecular weight is 265 g/mol. The Hall–Kier alpha value is -1.62. The van der Waals surface area contributed by atoms with Crippen molar-refractivity contribution in [2.45, 2.75) is 20.3 Å². The van der Waals surface area contributed by atoms with Crippen LogP contribution in [0.4, 0.5) is 5.82 Å². The van der Waals surface area contributed by atoms with Crippen LogP contribution in [0.1, 0.15) is 30.6 Å². The fourth-order valence-corrected chi connectivity index (χ4v) is 1.65. The monoisotopic (exact) mass is 265 g/mol. The van der Waals surface area contributed by atoms with E-state index in [1.165, 1.54) is 0 Å². The number of carbonyl (C=O) groups is 1. The summed E-state index contributed by atoms with van der Waals surface area (Å²) < 4.78 is 5.10. The number of nitrogens with zero attached hydrogens (tertiary/aromatic N) is 1. The van der Waals surface area contributed by atoms with E-state index in [9.17, 15) is 4.79 Å². The molecule has 0 aromatic carbocycles. The fourth-order valence-electron chi connectivity index (χ4n) is 1.65. The van der Waals surface area contributed by atoms with Crippen molar-refractivity contribution in [2.24, 2.45) is 5.41 Å². The van der Waals surface area contributed by atoms with Crippen LogP contribution in [-0.4, -0.2) is 38.2 Å². The number of carbonyl (C=O) groups excluding carboxylic acids is 1. The lowest BCUT2D eigenvalue weighted by atomic mass is 9.89. The van der Waals surface area contributed by atoms with Gasteiger partial charge in [-0.3, -0.25) is 4.79 Å². The Morgan fingerprint density at radius 1 is 1.47 bits per heavy atom. The Morgan fingerprint density at radius 3 is 2.84 bits per heavy atom. The molecule has 106 valence electrons. The molecule has 0 aliphatic heterocycles. The zero-order chi connectivity index (χ0) is 14.3. The minimum Gasteiger partial charge on any atom is -0.385 e. The molecule has 0 atom stereocenters. The first-order valence-corrected chi connectivity index (χ1v) is 6.40. The second kappa shape index (κ2) is 7.09. The third-order valence-electron chi connectivity index (χ3n) is 3.00. The quantitative estimate of drug-likeness (QED) is 0.790. The number of hydrogen-bond acceptors (Lipinski definition) is 4. The van der Waals surface area contributed by atoms with E-state index in [4.69, 9.17) is 4.74 Å². The molecule has 1 aromatic heterocycles. The third-order valence-corrected chi connectivity index (χ3v) is 3.00. The van der Waals surface area contributed by atoms with Gasteiger partial charge in [0.1, 0.15) is 5.82 Å². The highest BCUT2D eigenvalue weighted by Gasteiger charge is 2.19. The first-order valence-electron chi connectivity index (χ1n) is 6.40. The lowest BCUT2D eigenvalue weighted by molar-refractivity contribution is 0.0963. The molecule has 2 N–H and O–H groups in total. The number of ether oxygens (including phenoxy) is 1. The molecule has 0 spiro atoms. The van der Waals surface area contributed by atoms with Crippen LogP contribution in [0.15, 0.2) is 18.3 Å². The van der Waals surface area contributed by atoms with E-state index in [1.54, 1.807) is 32.5 Å². The number of amides is 1. The number of methoxy groups -OCH3 is 1. The van der Waals surface area contributed by atoms with Gasteiger partial charge in [-0.25, -0.2) is 4.98 Å². The molecule has 1 amide bonds. The van der Waals surface area contributed by atoms with Crippen LogP contribution in [0.5, 0.6) is 0 Å². The molecule has 1 heterocycles. The van der Waals surface area contributed by atoms with Crippen molar-refractivity contribution in [1.29, 1.82) is 0 Å². The number of aromatic nitrogens is 1. The maximum atomic E-state index is 11.7. The van der Waals surface area contributed by atoms with Crippen LogP contribution in [0.2, 0.25) is 0 Å². The molecule has 5 nitrogen and oxygen atoms in total. The molecule has 5 heteroatoms. The van der Waals surface area contributed by atoms with Gasteiger partial charge in [0.05, 0.1) is 5.56 Å². The van der Waals surface area contributed by atoms with E-state index in [0.29, 0.717) is 11.4 Å². The molecular formula is C14H23N3O2. The number of anilines is 1. The molecular weight excluding hydrogens is 242 g/mol. The molecule has 0 saturated carbocycles. The van der Waals surface area contributed by atoms with Crippen molar-refractivity contribution in [3.05, 3.63) is 23.9 Å². The van der Waals surface area contributed by atoms with Gasteiger partial charge in [-0.1, -0.05) is 13.8 Å². The summed E-state index contributed by atoms with van der Waals surface area (Å²) >= 11 is 0. The summed E-state index contributed by atoms with van der Waals surface area (Å²) in [5.74, 6) is 0.484. The van der Waals surface area contributed by atoms with Crippen LogP contribution < -0.4 is 10.6 Å². The maximum Gasteiger partial charge on any atom is 0.254 e. The van der Waals surface area contributed by atoms with E-state index in [2.05, 4.69) is 29.5 Å². The highest BCUT2D eigenvalue weighted by atomic mass is 16.5. The first kappa shape index (κ1) is 15.4. The Kier molecular flexibility index (Phi) is 5.76. The zero-order valence-corrected chi connectivity index (χ0v) is 12.1. The van der Waals surface area contributed by atoms with Gasteiger partial charge in [0.15, 0.2) is 0 Å². The average Bonchev–Trinajstić information content (AvgIpc) is 2.42. The van der Waals surface area contributed by atoms with Crippen molar-refractivity contribution < 1.29 is 9.53 Å². The molecule has 19 heavy (non-hydrogen) atoms. The van der Waals surface area contributed by atoms with Crippen LogP contribution in [-0.2, 0) is 4.74 Å². The van der Waals surface area contributed by atoms with E-state index in [0.717, 1.165) is 19.6 Å². The van der Waals surface area contributed by atoms with Crippen LogP contribution in [0.3, 0.4) is 0 Å². The third kappa shape index (κ3) is 4.87. The largest absolute Gasteiger partial charge is 0.385 e. The van der Waals surface area contributed by atoms with Gasteiger partial charge >= 0.3 is 0 Å². The number of pyridine rings is 1. The minimum atomic E-state index is -0.134. The SMILES string of the molecule is CNC(=O)c1cccnc1NCC(C)(C)CCOC. The topological polar surface area (TPSA) is 63.2 Å². The van der Waals surface area contributed by atoms with E-state index < -0.39 is 0 Å². The van der Waals surface area contributed by atoms with E-state index in [-0.39, 0.29) is 11.3 Å². The highest BCUT2D eigenvalue weighted by Crippen LogP contribution is 2.21. The molecule has 0 unspecified atom stereocenters. The van der Waals surface area contributed by atoms with Crippen molar-refractivity contribution in [3.8, 4) is 0 Å². The normalized spacial score (nSPS) is 11.2. The smallest absolute Gasteiger partial charge is 0.254 e. The Bertz CT molecular complexity index is 419. The standard InChI is InChI=1S/C14H23N3O2/c1-14(2,7-9-19-4)10-17-12-11(13(18)15-3)6-5-8-16-12/h5-6,8H,7,9-10H2,1-4H3,(H,15,18)(H,16,17). The number of hydrogen-bond donors (Lipinski definition) is 2. The van der Waals surface area contributed by atoms with Gasteiger partial charge in [0.2, 0.25) is 0 Å². The second-order valence-corrected chi connectivity index (χ2v) is 5.24. The molecule has 0 aliphatic carbocycles. The summed E-state index contributed by atoms with van der Waals surface area (Å²) in [6, 6.07) is 3.52. The molecule has 1 aromatic rings. The zero-order valence-electron chi connectivity index (χ0n) is 12.1. The Balaban J connectivity index is 2.69.